The molecular weight excluding hydrogens is 279 g/mol. The van der Waals surface area contributed by atoms with E-state index in [1.165, 1.54) is 18.2 Å². The highest BCUT2D eigenvalue weighted by atomic mass is 19.1. The third-order valence-corrected chi connectivity index (χ3v) is 3.21. The van der Waals surface area contributed by atoms with Crippen molar-refractivity contribution in [1.29, 1.82) is 0 Å². The molecule has 1 aliphatic rings. The third-order valence-electron chi connectivity index (χ3n) is 3.21. The van der Waals surface area contributed by atoms with E-state index in [-0.39, 0.29) is 11.1 Å². The fourth-order valence-corrected chi connectivity index (χ4v) is 2.36. The number of aliphatic hydroxyl groups is 1. The van der Waals surface area contributed by atoms with Gasteiger partial charge >= 0.3 is 0 Å². The third kappa shape index (κ3) is 2.49. The van der Waals surface area contributed by atoms with Crippen LogP contribution in [0.1, 0.15) is 18.5 Å². The van der Waals surface area contributed by atoms with Crippen LogP contribution in [-0.2, 0) is 14.4 Å². The van der Waals surface area contributed by atoms with Crippen LogP contribution in [0, 0.1) is 5.82 Å². The summed E-state index contributed by atoms with van der Waals surface area (Å²) in [4.78, 5) is 35.7. The monoisotopic (exact) mass is 292 g/mol. The molecule has 3 N–H and O–H groups in total. The van der Waals surface area contributed by atoms with Gasteiger partial charge in [0.15, 0.2) is 11.5 Å². The Morgan fingerprint density at radius 2 is 2.00 bits per heavy atom. The number of rotatable bonds is 4. The average Bonchev–Trinajstić information content (AvgIpc) is 2.63. The lowest BCUT2D eigenvalue weighted by Crippen LogP contribution is -2.38. The van der Waals surface area contributed by atoms with Crippen LogP contribution in [0.2, 0.25) is 0 Å². The molecule has 0 radical (unpaired) electrons. The average molecular weight is 292 g/mol. The van der Waals surface area contributed by atoms with E-state index < -0.39 is 41.8 Å². The van der Waals surface area contributed by atoms with Gasteiger partial charge in [0.25, 0.3) is 5.91 Å². The number of primary amides is 1. The molecule has 0 bridgehead atoms. The molecule has 0 saturated carbocycles. The molecular formula is C14H13FN2O4. The van der Waals surface area contributed by atoms with Crippen LogP contribution < -0.4 is 5.73 Å². The molecule has 7 heteroatoms. The molecule has 0 spiro atoms. The molecule has 6 nitrogen and oxygen atoms in total. The summed E-state index contributed by atoms with van der Waals surface area (Å²) in [7, 11) is 0. The van der Waals surface area contributed by atoms with Gasteiger partial charge in [0, 0.05) is 5.56 Å². The molecule has 2 amide bonds. The van der Waals surface area contributed by atoms with Crippen molar-refractivity contribution in [2.75, 3.05) is 6.54 Å². The van der Waals surface area contributed by atoms with Crippen LogP contribution in [0.15, 0.2) is 35.6 Å². The van der Waals surface area contributed by atoms with Gasteiger partial charge in [-0.3, -0.25) is 14.4 Å². The first-order valence-electron chi connectivity index (χ1n) is 6.12. The van der Waals surface area contributed by atoms with E-state index in [2.05, 4.69) is 0 Å². The molecule has 1 unspecified atom stereocenters. The lowest BCUT2D eigenvalue weighted by atomic mass is 9.96. The number of amides is 2. The van der Waals surface area contributed by atoms with Crippen molar-refractivity contribution in [1.82, 2.24) is 4.90 Å². The van der Waals surface area contributed by atoms with Crippen molar-refractivity contribution in [3.63, 3.8) is 0 Å². The van der Waals surface area contributed by atoms with Crippen LogP contribution in [0.5, 0.6) is 0 Å². The lowest BCUT2D eigenvalue weighted by molar-refractivity contribution is -0.133. The predicted molar refractivity (Wildman–Crippen MR) is 70.4 cm³/mol. The predicted octanol–water partition coefficient (Wildman–Crippen LogP) is 0.595. The molecule has 1 atom stereocenters. The number of nitrogens with two attached hydrogens (primary N) is 1. The van der Waals surface area contributed by atoms with Gasteiger partial charge in [0.2, 0.25) is 5.91 Å². The van der Waals surface area contributed by atoms with E-state index in [0.717, 1.165) is 17.9 Å². The molecule has 1 aliphatic heterocycles. The summed E-state index contributed by atoms with van der Waals surface area (Å²) in [5.41, 5.74) is 4.84. The van der Waals surface area contributed by atoms with Crippen molar-refractivity contribution in [3.05, 3.63) is 47.0 Å². The van der Waals surface area contributed by atoms with Crippen molar-refractivity contribution in [2.45, 2.75) is 13.0 Å². The summed E-state index contributed by atoms with van der Waals surface area (Å²) in [6, 6.07) is 4.35. The molecule has 0 fully saturated rings. The molecule has 1 aromatic rings. The Morgan fingerprint density at radius 3 is 2.52 bits per heavy atom. The number of halogens is 1. The Bertz CT molecular complexity index is 669. The Labute approximate surface area is 119 Å². The summed E-state index contributed by atoms with van der Waals surface area (Å²) in [6.45, 7) is 0.624. The second-order valence-electron chi connectivity index (χ2n) is 4.64. The SMILES string of the molecule is CC(=O)C1=C(O)C(=O)N(CC(N)=O)C1c1ccccc1F. The zero-order chi connectivity index (χ0) is 15.7. The maximum Gasteiger partial charge on any atom is 0.290 e. The van der Waals surface area contributed by atoms with Gasteiger partial charge in [-0.25, -0.2) is 4.39 Å². The van der Waals surface area contributed by atoms with E-state index in [1.807, 2.05) is 0 Å². The van der Waals surface area contributed by atoms with Gasteiger partial charge in [0.05, 0.1) is 11.6 Å². The Balaban J connectivity index is 2.60. The van der Waals surface area contributed by atoms with Crippen molar-refractivity contribution in [3.8, 4) is 0 Å². The first-order chi connectivity index (χ1) is 9.84. The molecule has 110 valence electrons. The summed E-state index contributed by atoms with van der Waals surface area (Å²) in [6.07, 6.45) is 0. The summed E-state index contributed by atoms with van der Waals surface area (Å²) in [5, 5.41) is 9.83. The van der Waals surface area contributed by atoms with Crippen molar-refractivity contribution < 1.29 is 23.9 Å². The minimum atomic E-state index is -1.16. The van der Waals surface area contributed by atoms with Gasteiger partial charge in [-0.15, -0.1) is 0 Å². The summed E-state index contributed by atoms with van der Waals surface area (Å²) in [5.74, 6) is -3.77. The van der Waals surface area contributed by atoms with E-state index >= 15 is 0 Å². The van der Waals surface area contributed by atoms with Crippen molar-refractivity contribution in [2.24, 2.45) is 5.73 Å². The summed E-state index contributed by atoms with van der Waals surface area (Å²) >= 11 is 0. The Morgan fingerprint density at radius 1 is 1.38 bits per heavy atom. The van der Waals surface area contributed by atoms with Crippen LogP contribution in [-0.4, -0.2) is 34.1 Å². The first-order valence-corrected chi connectivity index (χ1v) is 6.12. The Hall–Kier alpha value is -2.70. The number of carbonyl (C=O) groups is 3. The molecule has 21 heavy (non-hydrogen) atoms. The van der Waals surface area contributed by atoms with E-state index in [1.54, 1.807) is 0 Å². The van der Waals surface area contributed by atoms with Crippen LogP contribution in [0.4, 0.5) is 4.39 Å². The molecule has 0 aromatic heterocycles. The fraction of sp³-hybridized carbons (Fsp3) is 0.214. The van der Waals surface area contributed by atoms with Gasteiger partial charge in [-0.2, -0.15) is 0 Å². The van der Waals surface area contributed by atoms with Gasteiger partial charge in [-0.05, 0) is 13.0 Å². The number of Topliss-reactive ketones (excluding diaryl/α,β-unsaturated/α-hetero) is 1. The minimum Gasteiger partial charge on any atom is -0.503 e. The summed E-state index contributed by atoms with van der Waals surface area (Å²) < 4.78 is 14.0. The van der Waals surface area contributed by atoms with Crippen LogP contribution in [0.3, 0.4) is 0 Å². The van der Waals surface area contributed by atoms with E-state index in [4.69, 9.17) is 5.73 Å². The number of benzene rings is 1. The number of hydrogen-bond acceptors (Lipinski definition) is 4. The number of carbonyl (C=O) groups excluding carboxylic acids is 3. The highest BCUT2D eigenvalue weighted by molar-refractivity contribution is 6.08. The van der Waals surface area contributed by atoms with Crippen molar-refractivity contribution >= 4 is 17.6 Å². The molecule has 1 aromatic carbocycles. The minimum absolute atomic E-state index is 0.0151. The number of aliphatic hydroxyl groups excluding tert-OH is 1. The maximum atomic E-state index is 14.0. The first kappa shape index (κ1) is 14.7. The molecule has 0 aliphatic carbocycles. The zero-order valence-electron chi connectivity index (χ0n) is 11.2. The normalized spacial score (nSPS) is 18.3. The van der Waals surface area contributed by atoms with Crippen LogP contribution >= 0.6 is 0 Å². The smallest absolute Gasteiger partial charge is 0.290 e. The lowest BCUT2D eigenvalue weighted by Gasteiger charge is -2.25. The highest BCUT2D eigenvalue weighted by Gasteiger charge is 2.43. The zero-order valence-corrected chi connectivity index (χ0v) is 11.2. The second-order valence-corrected chi connectivity index (χ2v) is 4.64. The van der Waals surface area contributed by atoms with Gasteiger partial charge in [-0.1, -0.05) is 18.2 Å². The van der Waals surface area contributed by atoms with E-state index in [0.29, 0.717) is 0 Å². The standard InChI is InChI=1S/C14H13FN2O4/c1-7(18)11-12(8-4-2-3-5-9(8)15)17(6-10(16)19)14(21)13(11)20/h2-5,12,20H,6H2,1H3,(H2,16,19). The quantitative estimate of drug-likeness (QED) is 0.848. The number of hydrogen-bond donors (Lipinski definition) is 2. The molecule has 0 saturated heterocycles. The highest BCUT2D eigenvalue weighted by Crippen LogP contribution is 2.38. The molecule has 2 rings (SSSR count). The topological polar surface area (TPSA) is 101 Å². The largest absolute Gasteiger partial charge is 0.503 e. The second kappa shape index (κ2) is 5.35. The fourth-order valence-electron chi connectivity index (χ4n) is 2.36. The molecule has 1 heterocycles. The number of ketones is 1. The van der Waals surface area contributed by atoms with Gasteiger partial charge in [0.1, 0.15) is 12.4 Å². The Kier molecular flexibility index (Phi) is 3.75. The maximum absolute atomic E-state index is 14.0. The van der Waals surface area contributed by atoms with Crippen LogP contribution in [0.25, 0.3) is 0 Å². The van der Waals surface area contributed by atoms with E-state index in [9.17, 15) is 23.9 Å². The number of nitrogens with zero attached hydrogens (tertiary/aromatic N) is 1. The van der Waals surface area contributed by atoms with Gasteiger partial charge < -0.3 is 15.7 Å².